The fourth-order valence-electron chi connectivity index (χ4n) is 3.72. The molecule has 0 aliphatic carbocycles. The molecule has 0 spiro atoms. The number of benzene rings is 2. The molecule has 0 fully saturated rings. The van der Waals surface area contributed by atoms with Crippen molar-refractivity contribution in [1.29, 1.82) is 0 Å². The van der Waals surface area contributed by atoms with E-state index in [4.69, 9.17) is 13.9 Å². The van der Waals surface area contributed by atoms with E-state index in [0.29, 0.717) is 23.7 Å². The minimum atomic E-state index is -0.381. The summed E-state index contributed by atoms with van der Waals surface area (Å²) in [5, 5.41) is 2.70. The monoisotopic (exact) mass is 421 g/mol. The number of ether oxygens (including phenoxy) is 2. The van der Waals surface area contributed by atoms with E-state index in [0.717, 1.165) is 19.5 Å². The Kier molecular flexibility index (Phi) is 6.33. The molecule has 0 saturated heterocycles. The lowest BCUT2D eigenvalue weighted by Gasteiger charge is -2.25. The topological polar surface area (TPSA) is 82.2 Å². The van der Waals surface area contributed by atoms with Crippen molar-refractivity contribution < 1.29 is 23.6 Å². The maximum absolute atomic E-state index is 12.4. The van der Waals surface area contributed by atoms with E-state index in [1.165, 1.54) is 28.4 Å². The first kappa shape index (κ1) is 20.7. The van der Waals surface area contributed by atoms with E-state index in [2.05, 4.69) is 29.6 Å². The minimum absolute atomic E-state index is 0.0172. The average molecular weight is 421 g/mol. The van der Waals surface area contributed by atoms with Gasteiger partial charge >= 0.3 is 0 Å². The minimum Gasteiger partial charge on any atom is -0.497 e. The number of carbonyl (C=O) groups is 1. The molecule has 1 unspecified atom stereocenters. The third-order valence-electron chi connectivity index (χ3n) is 5.30. The molecular weight excluding hydrogens is 396 g/mol. The van der Waals surface area contributed by atoms with Gasteiger partial charge in [0.25, 0.3) is 5.91 Å². The number of anilines is 1. The fourth-order valence-corrected chi connectivity index (χ4v) is 3.72. The first-order valence-electron chi connectivity index (χ1n) is 10.2. The lowest BCUT2D eigenvalue weighted by Crippen LogP contribution is -3.10. The van der Waals surface area contributed by atoms with Crippen LogP contribution in [-0.4, -0.2) is 26.2 Å². The van der Waals surface area contributed by atoms with Crippen LogP contribution in [0.5, 0.6) is 11.5 Å². The number of carbonyl (C=O) groups excluding carboxylic acids is 1. The molecule has 7 heteroatoms. The van der Waals surface area contributed by atoms with Crippen LogP contribution in [0.4, 0.5) is 5.69 Å². The Hall–Kier alpha value is -3.58. The molecule has 0 bridgehead atoms. The van der Waals surface area contributed by atoms with Gasteiger partial charge in [0, 0.05) is 29.8 Å². The molecule has 7 nitrogen and oxygen atoms in total. The Morgan fingerprint density at radius 2 is 1.97 bits per heavy atom. The molecule has 3 aromatic rings. The number of quaternary nitrogens is 1. The van der Waals surface area contributed by atoms with Gasteiger partial charge in [0.2, 0.25) is 11.2 Å². The second-order valence-corrected chi connectivity index (χ2v) is 7.52. The number of fused-ring (bicyclic) bond motifs is 1. The normalized spacial score (nSPS) is 15.1. The van der Waals surface area contributed by atoms with Gasteiger partial charge in [-0.25, -0.2) is 0 Å². The van der Waals surface area contributed by atoms with Crippen molar-refractivity contribution in [2.75, 3.05) is 25.6 Å². The molecule has 1 aliphatic heterocycles. The Morgan fingerprint density at radius 3 is 2.77 bits per heavy atom. The number of hydrogen-bond acceptors (Lipinski definition) is 5. The molecule has 1 aromatic heterocycles. The summed E-state index contributed by atoms with van der Waals surface area (Å²) in [5.74, 6) is 0.874. The molecular formula is C24H25N2O5+. The van der Waals surface area contributed by atoms with Crippen LogP contribution in [-0.2, 0) is 24.3 Å². The second-order valence-electron chi connectivity index (χ2n) is 7.52. The molecule has 2 aromatic carbocycles. The number of methoxy groups -OCH3 is 1. The summed E-state index contributed by atoms with van der Waals surface area (Å²) in [5.41, 5.74) is 3.02. The van der Waals surface area contributed by atoms with Gasteiger partial charge in [-0.15, -0.1) is 0 Å². The van der Waals surface area contributed by atoms with E-state index < -0.39 is 0 Å². The van der Waals surface area contributed by atoms with Crippen LogP contribution in [0.15, 0.2) is 70.1 Å². The average Bonchev–Trinajstić information content (AvgIpc) is 2.78. The lowest BCUT2D eigenvalue weighted by molar-refractivity contribution is -0.930. The van der Waals surface area contributed by atoms with Crippen molar-refractivity contribution in [3.8, 4) is 11.5 Å². The molecule has 160 valence electrons. The highest BCUT2D eigenvalue weighted by molar-refractivity contribution is 5.92. The molecule has 0 radical (unpaired) electrons. The Labute approximate surface area is 180 Å². The van der Waals surface area contributed by atoms with Crippen LogP contribution < -0.4 is 25.1 Å². The first-order chi connectivity index (χ1) is 15.1. The van der Waals surface area contributed by atoms with Crippen LogP contribution in [0.2, 0.25) is 0 Å². The van der Waals surface area contributed by atoms with E-state index in [1.807, 2.05) is 0 Å². The first-order valence-corrected chi connectivity index (χ1v) is 10.2. The molecule has 4 rings (SSSR count). The van der Waals surface area contributed by atoms with Gasteiger partial charge in [0.05, 0.1) is 13.7 Å². The summed E-state index contributed by atoms with van der Waals surface area (Å²) in [7, 11) is 1.55. The van der Waals surface area contributed by atoms with Gasteiger partial charge in [0.1, 0.15) is 25.1 Å². The predicted octanol–water partition coefficient (Wildman–Crippen LogP) is 1.81. The zero-order chi connectivity index (χ0) is 21.6. The van der Waals surface area contributed by atoms with Crippen LogP contribution >= 0.6 is 0 Å². The van der Waals surface area contributed by atoms with Gasteiger partial charge in [-0.3, -0.25) is 9.59 Å². The highest BCUT2D eigenvalue weighted by atomic mass is 16.5. The van der Waals surface area contributed by atoms with E-state index in [-0.39, 0.29) is 23.7 Å². The molecule has 1 amide bonds. The molecule has 2 heterocycles. The molecule has 2 N–H and O–H groups in total. The zero-order valence-electron chi connectivity index (χ0n) is 17.4. The summed E-state index contributed by atoms with van der Waals surface area (Å²) < 4.78 is 16.1. The van der Waals surface area contributed by atoms with Gasteiger partial charge < -0.3 is 24.1 Å². The van der Waals surface area contributed by atoms with Crippen molar-refractivity contribution in [3.63, 3.8) is 0 Å². The van der Waals surface area contributed by atoms with E-state index >= 15 is 0 Å². The summed E-state index contributed by atoms with van der Waals surface area (Å²) in [6.45, 7) is 2.22. The van der Waals surface area contributed by atoms with Gasteiger partial charge in [-0.05, 0) is 17.7 Å². The van der Waals surface area contributed by atoms with Gasteiger partial charge in [-0.1, -0.05) is 30.3 Å². The molecule has 31 heavy (non-hydrogen) atoms. The Morgan fingerprint density at radius 1 is 1.13 bits per heavy atom. The summed E-state index contributed by atoms with van der Waals surface area (Å²) >= 11 is 0. The molecule has 0 saturated carbocycles. The third kappa shape index (κ3) is 5.32. The Balaban J connectivity index is 1.31. The van der Waals surface area contributed by atoms with Crippen LogP contribution in [0.25, 0.3) is 0 Å². The van der Waals surface area contributed by atoms with Crippen molar-refractivity contribution in [1.82, 2.24) is 0 Å². The van der Waals surface area contributed by atoms with Crippen LogP contribution in [0.3, 0.4) is 0 Å². The van der Waals surface area contributed by atoms with Crippen molar-refractivity contribution in [3.05, 3.63) is 88.0 Å². The quantitative estimate of drug-likeness (QED) is 0.608. The maximum atomic E-state index is 12.4. The van der Waals surface area contributed by atoms with Gasteiger partial charge in [-0.2, -0.15) is 0 Å². The highest BCUT2D eigenvalue weighted by Crippen LogP contribution is 2.16. The second kappa shape index (κ2) is 9.49. The number of hydrogen-bond donors (Lipinski definition) is 2. The summed E-state index contributed by atoms with van der Waals surface area (Å²) in [4.78, 5) is 25.8. The van der Waals surface area contributed by atoms with E-state index in [1.54, 1.807) is 31.4 Å². The molecule has 1 aliphatic rings. The lowest BCUT2D eigenvalue weighted by atomic mass is 10.00. The Bertz CT molecular complexity index is 1120. The van der Waals surface area contributed by atoms with E-state index in [9.17, 15) is 9.59 Å². The third-order valence-corrected chi connectivity index (χ3v) is 5.30. The van der Waals surface area contributed by atoms with Crippen molar-refractivity contribution in [2.45, 2.75) is 19.5 Å². The number of nitrogens with one attached hydrogen (secondary N) is 2. The number of rotatable bonds is 7. The van der Waals surface area contributed by atoms with Gasteiger partial charge in [0.15, 0.2) is 12.4 Å². The zero-order valence-corrected chi connectivity index (χ0v) is 17.4. The highest BCUT2D eigenvalue weighted by Gasteiger charge is 2.20. The summed E-state index contributed by atoms with van der Waals surface area (Å²) in [6, 6.07) is 16.9. The van der Waals surface area contributed by atoms with Crippen molar-refractivity contribution in [2.24, 2.45) is 0 Å². The van der Waals surface area contributed by atoms with Crippen LogP contribution in [0, 0.1) is 0 Å². The largest absolute Gasteiger partial charge is 0.497 e. The fraction of sp³-hybridized carbons (Fsp3) is 0.250. The number of amides is 1. The summed E-state index contributed by atoms with van der Waals surface area (Å²) in [6.07, 6.45) is 2.30. The SMILES string of the molecule is COc1cccc(NC(=O)COc2coc(C[NH+]3CCc4ccccc4C3)cc2=O)c1. The smallest absolute Gasteiger partial charge is 0.262 e. The van der Waals surface area contributed by atoms with Crippen molar-refractivity contribution >= 4 is 11.6 Å². The van der Waals surface area contributed by atoms with Crippen LogP contribution in [0.1, 0.15) is 16.9 Å². The predicted molar refractivity (Wildman–Crippen MR) is 115 cm³/mol. The molecule has 1 atom stereocenters. The maximum Gasteiger partial charge on any atom is 0.262 e. The standard InChI is InChI=1S/C24H24N2O5/c1-29-20-8-4-7-19(11-20)25-24(28)16-31-23-15-30-21(12-22(23)27)14-26-10-9-17-5-2-3-6-18(17)13-26/h2-8,11-12,15H,9-10,13-14,16H2,1H3,(H,25,28)/p+1.